The molecule has 0 aromatic heterocycles. The van der Waals surface area contributed by atoms with Gasteiger partial charge in [0, 0.05) is 18.1 Å². The van der Waals surface area contributed by atoms with Crippen molar-refractivity contribution in [3.63, 3.8) is 0 Å². The van der Waals surface area contributed by atoms with Crippen LogP contribution in [0.15, 0.2) is 54.6 Å². The SMILES string of the molecule is C=C(C)C(=O)OCC(CO)CC1CCC(C2CCC(c3ccc(-c4ccc(CCCCC)c(CC)c4)cc3)CC2)CC1CC. The van der Waals surface area contributed by atoms with Gasteiger partial charge in [0.1, 0.15) is 0 Å². The van der Waals surface area contributed by atoms with E-state index in [0.29, 0.717) is 29.9 Å². The summed E-state index contributed by atoms with van der Waals surface area (Å²) in [4.78, 5) is 11.8. The largest absolute Gasteiger partial charge is 0.462 e. The number of carbonyl (C=O) groups is 1. The Morgan fingerprint density at radius 1 is 0.886 bits per heavy atom. The minimum atomic E-state index is -0.348. The Balaban J connectivity index is 1.27. The van der Waals surface area contributed by atoms with Crippen molar-refractivity contribution in [2.24, 2.45) is 29.6 Å². The molecule has 0 saturated heterocycles. The van der Waals surface area contributed by atoms with Crippen LogP contribution in [0.4, 0.5) is 0 Å². The van der Waals surface area contributed by atoms with Crippen LogP contribution in [0.2, 0.25) is 0 Å². The molecular weight excluding hydrogens is 540 g/mol. The first-order valence-electron chi connectivity index (χ1n) is 18.0. The van der Waals surface area contributed by atoms with E-state index in [9.17, 15) is 9.90 Å². The number of hydrogen-bond donors (Lipinski definition) is 1. The number of rotatable bonds is 15. The van der Waals surface area contributed by atoms with Crippen molar-refractivity contribution >= 4 is 5.97 Å². The number of unbranched alkanes of at least 4 members (excludes halogenated alkanes) is 2. The van der Waals surface area contributed by atoms with E-state index in [4.69, 9.17) is 4.74 Å². The first-order chi connectivity index (χ1) is 21.4. The molecule has 0 radical (unpaired) electrons. The lowest BCUT2D eigenvalue weighted by Gasteiger charge is -2.42. The third-order valence-electron chi connectivity index (χ3n) is 11.2. The second-order valence-electron chi connectivity index (χ2n) is 14.2. The van der Waals surface area contributed by atoms with E-state index in [2.05, 4.69) is 69.8 Å². The first kappa shape index (κ1) is 34.5. The topological polar surface area (TPSA) is 46.5 Å². The van der Waals surface area contributed by atoms with E-state index in [-0.39, 0.29) is 18.5 Å². The number of benzene rings is 2. The van der Waals surface area contributed by atoms with Gasteiger partial charge in [0.05, 0.1) is 6.61 Å². The summed E-state index contributed by atoms with van der Waals surface area (Å²) >= 11 is 0. The molecule has 4 atom stereocenters. The average molecular weight is 601 g/mol. The highest BCUT2D eigenvalue weighted by Gasteiger charge is 2.36. The minimum absolute atomic E-state index is 0.0272. The zero-order valence-corrected chi connectivity index (χ0v) is 28.3. The molecule has 4 unspecified atom stereocenters. The van der Waals surface area contributed by atoms with Gasteiger partial charge in [-0.25, -0.2) is 4.79 Å². The highest BCUT2D eigenvalue weighted by Crippen LogP contribution is 2.47. The lowest BCUT2D eigenvalue weighted by atomic mass is 9.63. The van der Waals surface area contributed by atoms with Gasteiger partial charge >= 0.3 is 5.97 Å². The molecule has 2 aromatic rings. The fourth-order valence-corrected chi connectivity index (χ4v) is 8.36. The van der Waals surface area contributed by atoms with E-state index in [1.807, 2.05) is 0 Å². The van der Waals surface area contributed by atoms with Crippen LogP contribution in [-0.4, -0.2) is 24.3 Å². The number of aryl methyl sites for hydroxylation is 2. The standard InChI is InChI=1S/C41H60O3/c1-6-9-10-11-33-20-21-39(25-31(33)7-2)36-16-12-34(13-17-36)35-14-18-37(19-15-35)40-23-22-38(32(8-3)26-40)24-30(27-42)28-44-41(43)29(4)5/h12-13,16-17,20-21,25,30,32,35,37-38,40,42H,4,6-11,14-15,18-19,22-24,26-28H2,1-3,5H3. The van der Waals surface area contributed by atoms with Gasteiger partial charge in [0.15, 0.2) is 0 Å². The van der Waals surface area contributed by atoms with E-state index in [1.54, 1.807) is 6.92 Å². The highest BCUT2D eigenvalue weighted by atomic mass is 16.5. The predicted molar refractivity (Wildman–Crippen MR) is 185 cm³/mol. The molecule has 0 aliphatic heterocycles. The summed E-state index contributed by atoms with van der Waals surface area (Å²) in [6, 6.07) is 16.7. The van der Waals surface area contributed by atoms with Gasteiger partial charge < -0.3 is 9.84 Å². The van der Waals surface area contributed by atoms with Crippen LogP contribution in [0, 0.1) is 29.6 Å². The Bertz CT molecular complexity index is 1170. The first-order valence-corrected chi connectivity index (χ1v) is 18.0. The second-order valence-corrected chi connectivity index (χ2v) is 14.2. The Morgan fingerprint density at radius 2 is 1.59 bits per heavy atom. The monoisotopic (exact) mass is 600 g/mol. The summed E-state index contributed by atoms with van der Waals surface area (Å²) in [6.07, 6.45) is 17.6. The second kappa shape index (κ2) is 17.3. The molecule has 44 heavy (non-hydrogen) atoms. The number of aliphatic hydroxyl groups is 1. The van der Waals surface area contributed by atoms with E-state index >= 15 is 0 Å². The van der Waals surface area contributed by atoms with Gasteiger partial charge in [-0.15, -0.1) is 0 Å². The molecule has 0 heterocycles. The Hall–Kier alpha value is -2.39. The van der Waals surface area contributed by atoms with E-state index < -0.39 is 0 Å². The Labute approximate surface area is 268 Å². The molecule has 1 N–H and O–H groups in total. The number of aliphatic hydroxyl groups excluding tert-OH is 1. The number of hydrogen-bond acceptors (Lipinski definition) is 3. The zero-order chi connectivity index (χ0) is 31.5. The molecule has 0 amide bonds. The van der Waals surface area contributed by atoms with Crippen molar-refractivity contribution in [1.29, 1.82) is 0 Å². The molecule has 2 aliphatic rings. The fraction of sp³-hybridized carbons (Fsp3) is 0.634. The molecule has 2 saturated carbocycles. The summed E-state index contributed by atoms with van der Waals surface area (Å²) in [6.45, 7) is 12.6. The molecule has 4 rings (SSSR count). The maximum atomic E-state index is 11.8. The van der Waals surface area contributed by atoms with Gasteiger partial charge in [-0.1, -0.05) is 89.1 Å². The summed E-state index contributed by atoms with van der Waals surface area (Å²) in [5.74, 6) is 3.40. The third-order valence-corrected chi connectivity index (χ3v) is 11.2. The molecule has 3 nitrogen and oxygen atoms in total. The van der Waals surface area contributed by atoms with Crippen LogP contribution in [0.3, 0.4) is 0 Å². The van der Waals surface area contributed by atoms with Crippen molar-refractivity contribution in [1.82, 2.24) is 0 Å². The quantitative estimate of drug-likeness (QED) is 0.126. The molecule has 0 bridgehead atoms. The summed E-state index contributed by atoms with van der Waals surface area (Å²) in [7, 11) is 0. The predicted octanol–water partition coefficient (Wildman–Crippen LogP) is 10.5. The Morgan fingerprint density at radius 3 is 2.23 bits per heavy atom. The number of esters is 1. The number of carbonyl (C=O) groups excluding carboxylic acids is 1. The van der Waals surface area contributed by atoms with Crippen LogP contribution < -0.4 is 0 Å². The average Bonchev–Trinajstić information content (AvgIpc) is 3.06. The van der Waals surface area contributed by atoms with Crippen LogP contribution in [0.1, 0.15) is 127 Å². The molecular formula is C41H60O3. The minimum Gasteiger partial charge on any atom is -0.462 e. The summed E-state index contributed by atoms with van der Waals surface area (Å²) in [5, 5.41) is 9.97. The van der Waals surface area contributed by atoms with Crippen LogP contribution in [0.5, 0.6) is 0 Å². The fourth-order valence-electron chi connectivity index (χ4n) is 8.36. The maximum Gasteiger partial charge on any atom is 0.333 e. The highest BCUT2D eigenvalue weighted by molar-refractivity contribution is 5.86. The van der Waals surface area contributed by atoms with Crippen LogP contribution in [0.25, 0.3) is 11.1 Å². The lowest BCUT2D eigenvalue weighted by Crippen LogP contribution is -2.32. The van der Waals surface area contributed by atoms with Crippen molar-refractivity contribution in [2.75, 3.05) is 13.2 Å². The molecule has 242 valence electrons. The molecule has 2 fully saturated rings. The zero-order valence-electron chi connectivity index (χ0n) is 28.3. The smallest absolute Gasteiger partial charge is 0.333 e. The van der Waals surface area contributed by atoms with Crippen molar-refractivity contribution in [3.8, 4) is 11.1 Å². The Kier molecular flexibility index (Phi) is 13.6. The van der Waals surface area contributed by atoms with Gasteiger partial charge in [0.2, 0.25) is 0 Å². The van der Waals surface area contributed by atoms with Crippen LogP contribution in [-0.2, 0) is 22.4 Å². The molecule has 2 aliphatic carbocycles. The molecule has 0 spiro atoms. The lowest BCUT2D eigenvalue weighted by molar-refractivity contribution is -0.141. The van der Waals surface area contributed by atoms with Crippen molar-refractivity contribution in [2.45, 2.75) is 124 Å². The van der Waals surface area contributed by atoms with Gasteiger partial charge in [0.25, 0.3) is 0 Å². The maximum absolute atomic E-state index is 11.8. The van der Waals surface area contributed by atoms with Gasteiger partial charge in [-0.05, 0) is 135 Å². The van der Waals surface area contributed by atoms with Crippen LogP contribution >= 0.6 is 0 Å². The molecule has 2 aromatic carbocycles. The summed E-state index contributed by atoms with van der Waals surface area (Å²) < 4.78 is 5.39. The normalized spacial score (nSPS) is 24.5. The number of ether oxygens (including phenoxy) is 1. The van der Waals surface area contributed by atoms with Crippen molar-refractivity contribution in [3.05, 3.63) is 71.3 Å². The summed E-state index contributed by atoms with van der Waals surface area (Å²) in [5.41, 5.74) is 7.69. The third kappa shape index (κ3) is 9.32. The van der Waals surface area contributed by atoms with E-state index in [0.717, 1.165) is 24.7 Å². The van der Waals surface area contributed by atoms with Gasteiger partial charge in [-0.3, -0.25) is 0 Å². The molecule has 3 heteroatoms. The van der Waals surface area contributed by atoms with Crippen molar-refractivity contribution < 1.29 is 14.6 Å². The van der Waals surface area contributed by atoms with Gasteiger partial charge in [-0.2, -0.15) is 0 Å². The van der Waals surface area contributed by atoms with E-state index in [1.165, 1.54) is 105 Å².